The third kappa shape index (κ3) is 2.48. The van der Waals surface area contributed by atoms with Gasteiger partial charge in [-0.25, -0.2) is 4.79 Å². The SMILES string of the molecule is CC(C#N)CN1C(=O)NC(C)(c2cccc([N+](=O)[O-])c2)C1=O. The minimum atomic E-state index is -1.38. The fourth-order valence-electron chi connectivity index (χ4n) is 2.30. The number of nitriles is 1. The Hall–Kier alpha value is -2.95. The molecule has 1 saturated heterocycles. The van der Waals surface area contributed by atoms with Gasteiger partial charge in [-0.2, -0.15) is 5.26 Å². The van der Waals surface area contributed by atoms with Gasteiger partial charge in [0.15, 0.2) is 0 Å². The van der Waals surface area contributed by atoms with Gasteiger partial charge in [0.2, 0.25) is 0 Å². The normalized spacial score (nSPS) is 22.1. The topological polar surface area (TPSA) is 116 Å². The summed E-state index contributed by atoms with van der Waals surface area (Å²) in [6.07, 6.45) is 0. The number of non-ortho nitro benzene ring substituents is 1. The molecule has 1 aliphatic rings. The highest BCUT2D eigenvalue weighted by atomic mass is 16.6. The zero-order chi connectivity index (χ0) is 16.5. The summed E-state index contributed by atoms with van der Waals surface area (Å²) >= 11 is 0. The van der Waals surface area contributed by atoms with E-state index in [4.69, 9.17) is 5.26 Å². The molecule has 0 spiro atoms. The second-order valence-electron chi connectivity index (χ2n) is 5.31. The van der Waals surface area contributed by atoms with Gasteiger partial charge in [0, 0.05) is 18.7 Å². The number of urea groups is 1. The van der Waals surface area contributed by atoms with Gasteiger partial charge in [0.1, 0.15) is 5.54 Å². The second kappa shape index (κ2) is 5.44. The van der Waals surface area contributed by atoms with Crippen molar-refractivity contribution in [2.45, 2.75) is 19.4 Å². The van der Waals surface area contributed by atoms with Crippen LogP contribution in [-0.4, -0.2) is 28.3 Å². The summed E-state index contributed by atoms with van der Waals surface area (Å²) in [5.41, 5.74) is -1.21. The van der Waals surface area contributed by atoms with Gasteiger partial charge in [0.25, 0.3) is 11.6 Å². The molecule has 3 amide bonds. The Morgan fingerprint density at radius 2 is 2.18 bits per heavy atom. The molecule has 2 unspecified atom stereocenters. The summed E-state index contributed by atoms with van der Waals surface area (Å²) in [6.45, 7) is 3.07. The molecule has 1 heterocycles. The highest BCUT2D eigenvalue weighted by molar-refractivity contribution is 6.07. The lowest BCUT2D eigenvalue weighted by Crippen LogP contribution is -2.41. The molecule has 114 valence electrons. The number of benzene rings is 1. The number of nitrogens with one attached hydrogen (secondary N) is 1. The van der Waals surface area contributed by atoms with Gasteiger partial charge in [-0.3, -0.25) is 19.8 Å². The maximum atomic E-state index is 12.5. The van der Waals surface area contributed by atoms with Crippen LogP contribution in [0.1, 0.15) is 19.4 Å². The van der Waals surface area contributed by atoms with Crippen LogP contribution in [0.4, 0.5) is 10.5 Å². The monoisotopic (exact) mass is 302 g/mol. The standard InChI is InChI=1S/C14H14N4O4/c1-9(7-15)8-17-12(19)14(2,16-13(17)20)10-4-3-5-11(6-10)18(21)22/h3-6,9H,8H2,1-2H3,(H,16,20). The number of nitro groups is 1. The summed E-state index contributed by atoms with van der Waals surface area (Å²) in [5.74, 6) is -1.03. The highest BCUT2D eigenvalue weighted by Gasteiger charge is 2.49. The van der Waals surface area contributed by atoms with Crippen LogP contribution in [0.3, 0.4) is 0 Å². The van der Waals surface area contributed by atoms with E-state index < -0.39 is 28.3 Å². The molecule has 0 saturated carbocycles. The van der Waals surface area contributed by atoms with Crippen LogP contribution in [0.15, 0.2) is 24.3 Å². The number of hydrogen-bond donors (Lipinski definition) is 1. The van der Waals surface area contributed by atoms with E-state index in [0.717, 1.165) is 4.90 Å². The lowest BCUT2D eigenvalue weighted by atomic mass is 9.91. The van der Waals surface area contributed by atoms with Crippen LogP contribution < -0.4 is 5.32 Å². The lowest BCUT2D eigenvalue weighted by molar-refractivity contribution is -0.385. The van der Waals surface area contributed by atoms with Crippen molar-refractivity contribution in [1.29, 1.82) is 5.26 Å². The Kier molecular flexibility index (Phi) is 3.82. The highest BCUT2D eigenvalue weighted by Crippen LogP contribution is 2.31. The average molecular weight is 302 g/mol. The molecule has 1 fully saturated rings. The van der Waals surface area contributed by atoms with E-state index in [-0.39, 0.29) is 12.2 Å². The largest absolute Gasteiger partial charge is 0.325 e. The van der Waals surface area contributed by atoms with Gasteiger partial charge in [-0.15, -0.1) is 0 Å². The molecule has 22 heavy (non-hydrogen) atoms. The zero-order valence-electron chi connectivity index (χ0n) is 12.1. The first-order chi connectivity index (χ1) is 10.3. The predicted molar refractivity (Wildman–Crippen MR) is 75.5 cm³/mol. The Morgan fingerprint density at radius 1 is 1.50 bits per heavy atom. The van der Waals surface area contributed by atoms with Crippen LogP contribution >= 0.6 is 0 Å². The molecule has 0 aromatic heterocycles. The minimum absolute atomic E-state index is 0.0221. The molecular formula is C14H14N4O4. The molecule has 1 aliphatic heterocycles. The number of hydrogen-bond acceptors (Lipinski definition) is 5. The van der Waals surface area contributed by atoms with E-state index in [1.807, 2.05) is 6.07 Å². The number of carbonyl (C=O) groups excluding carboxylic acids is 2. The van der Waals surface area contributed by atoms with E-state index in [9.17, 15) is 19.7 Å². The van der Waals surface area contributed by atoms with Crippen molar-refractivity contribution in [2.75, 3.05) is 6.54 Å². The molecular weight excluding hydrogens is 288 g/mol. The number of carbonyl (C=O) groups is 2. The summed E-state index contributed by atoms with van der Waals surface area (Å²) < 4.78 is 0. The number of imide groups is 1. The molecule has 2 rings (SSSR count). The fraction of sp³-hybridized carbons (Fsp3) is 0.357. The van der Waals surface area contributed by atoms with Crippen molar-refractivity contribution in [3.63, 3.8) is 0 Å². The maximum absolute atomic E-state index is 12.5. The fourth-order valence-corrected chi connectivity index (χ4v) is 2.30. The van der Waals surface area contributed by atoms with Crippen molar-refractivity contribution >= 4 is 17.6 Å². The quantitative estimate of drug-likeness (QED) is 0.514. The van der Waals surface area contributed by atoms with Crippen molar-refractivity contribution in [3.8, 4) is 6.07 Å². The van der Waals surface area contributed by atoms with Crippen molar-refractivity contribution < 1.29 is 14.5 Å². The van der Waals surface area contributed by atoms with Gasteiger partial charge in [-0.1, -0.05) is 12.1 Å². The van der Waals surface area contributed by atoms with Crippen LogP contribution in [-0.2, 0) is 10.3 Å². The van der Waals surface area contributed by atoms with Gasteiger partial charge >= 0.3 is 6.03 Å². The van der Waals surface area contributed by atoms with E-state index >= 15 is 0 Å². The third-order valence-electron chi connectivity index (χ3n) is 3.59. The smallest absolute Gasteiger partial charge is 0.319 e. The van der Waals surface area contributed by atoms with E-state index in [1.54, 1.807) is 13.0 Å². The first-order valence-electron chi connectivity index (χ1n) is 6.58. The molecule has 0 radical (unpaired) electrons. The molecule has 0 aliphatic carbocycles. The Balaban J connectivity index is 2.37. The summed E-state index contributed by atoms with van der Waals surface area (Å²) in [5, 5.41) is 22.2. The van der Waals surface area contributed by atoms with Crippen molar-refractivity contribution in [2.24, 2.45) is 5.92 Å². The van der Waals surface area contributed by atoms with E-state index in [1.165, 1.54) is 25.1 Å². The summed E-state index contributed by atoms with van der Waals surface area (Å²) in [6, 6.07) is 6.92. The van der Waals surface area contributed by atoms with Gasteiger partial charge < -0.3 is 5.32 Å². The maximum Gasteiger partial charge on any atom is 0.325 e. The van der Waals surface area contributed by atoms with Crippen molar-refractivity contribution in [1.82, 2.24) is 10.2 Å². The number of rotatable bonds is 4. The molecule has 0 bridgehead atoms. The van der Waals surface area contributed by atoms with E-state index in [0.29, 0.717) is 5.56 Å². The molecule has 2 atom stereocenters. The zero-order valence-corrected chi connectivity index (χ0v) is 12.1. The van der Waals surface area contributed by atoms with E-state index in [2.05, 4.69) is 5.32 Å². The summed E-state index contributed by atoms with van der Waals surface area (Å²) in [4.78, 5) is 35.8. The Labute approximate surface area is 126 Å². The summed E-state index contributed by atoms with van der Waals surface area (Å²) in [7, 11) is 0. The number of amides is 3. The molecule has 8 heteroatoms. The van der Waals surface area contributed by atoms with Crippen LogP contribution in [0.25, 0.3) is 0 Å². The minimum Gasteiger partial charge on any atom is -0.319 e. The van der Waals surface area contributed by atoms with Gasteiger partial charge in [-0.05, 0) is 19.4 Å². The Bertz CT molecular complexity index is 696. The first kappa shape index (κ1) is 15.4. The molecule has 1 aromatic carbocycles. The van der Waals surface area contributed by atoms with Gasteiger partial charge in [0.05, 0.1) is 16.9 Å². The van der Waals surface area contributed by atoms with Crippen LogP contribution in [0, 0.1) is 27.4 Å². The Morgan fingerprint density at radius 3 is 2.77 bits per heavy atom. The third-order valence-corrected chi connectivity index (χ3v) is 3.59. The first-order valence-corrected chi connectivity index (χ1v) is 6.58. The molecule has 1 aromatic rings. The molecule has 1 N–H and O–H groups in total. The second-order valence-corrected chi connectivity index (χ2v) is 5.31. The predicted octanol–water partition coefficient (Wildman–Crippen LogP) is 1.52. The number of nitrogens with zero attached hydrogens (tertiary/aromatic N) is 3. The number of nitro benzene ring substituents is 1. The van der Waals surface area contributed by atoms with Crippen LogP contribution in [0.5, 0.6) is 0 Å². The average Bonchev–Trinajstić information content (AvgIpc) is 2.71. The van der Waals surface area contributed by atoms with Crippen LogP contribution in [0.2, 0.25) is 0 Å². The molecule has 8 nitrogen and oxygen atoms in total. The lowest BCUT2D eigenvalue weighted by Gasteiger charge is -2.22. The van der Waals surface area contributed by atoms with Crippen molar-refractivity contribution in [3.05, 3.63) is 39.9 Å².